The van der Waals surface area contributed by atoms with Crippen LogP contribution in [0.2, 0.25) is 0 Å². The summed E-state index contributed by atoms with van der Waals surface area (Å²) in [6, 6.07) is -0.961. The molecule has 10 amide bonds. The first-order chi connectivity index (χ1) is 35.4. The third-order valence-corrected chi connectivity index (χ3v) is 11.8. The van der Waals surface area contributed by atoms with Crippen LogP contribution in [0.4, 0.5) is 0 Å². The number of hydrogen-bond acceptors (Lipinski definition) is 17. The molecule has 3 rings (SSSR count). The number of aliphatic hydroxyl groups is 4. The van der Waals surface area contributed by atoms with E-state index in [2.05, 4.69) is 37.2 Å². The Hall–Kier alpha value is -7.79. The molecule has 11 atom stereocenters. The van der Waals surface area contributed by atoms with Crippen molar-refractivity contribution in [3.05, 3.63) is 65.7 Å². The first-order valence-electron chi connectivity index (χ1n) is 23.7. The standard InChI is InChI=1S/C47H67N11O17/c1-23(61)37(46(73)58-18-6-9-34(58)45(72)53-31(19-25-7-4-3-5-8-25)42(69)57-38(24(2)62)47(74)75)56-44(71)33(22-60)55-41(68)30(20-26-10-12-27(63)13-11-26)52-43(70)32(21-59)54-40(67)29(15-17-36(50)65)51-39(66)28(48)14-16-35(49)64/h3-5,7-8,10-13,23-24,28-34,37-38,59-63H,6,9,14-22,48H2,1-2H3,(H2,49,64)(H2,50,65)(H,51,66)(H,52,70)(H,53,72)(H,54,67)(H,55,68)(H,56,71)(H,57,69)(H,74,75)/t23-,24-,28+,29+,30+,31+,32+,33+,34+,37+,38+/m1/s1. The fraction of sp³-hybridized carbons (Fsp3) is 0.511. The smallest absolute Gasteiger partial charge is 0.328 e. The molecule has 28 nitrogen and oxygen atoms in total. The maximum absolute atomic E-state index is 14.1. The molecule has 1 fully saturated rings. The summed E-state index contributed by atoms with van der Waals surface area (Å²) in [4.78, 5) is 145. The first-order valence-corrected chi connectivity index (χ1v) is 23.7. The van der Waals surface area contributed by atoms with Gasteiger partial charge in [-0.3, -0.25) is 47.9 Å². The molecule has 0 radical (unpaired) electrons. The van der Waals surface area contributed by atoms with Crippen molar-refractivity contribution >= 4 is 65.0 Å². The molecule has 0 aromatic heterocycles. The second-order valence-corrected chi connectivity index (χ2v) is 17.8. The van der Waals surface area contributed by atoms with Crippen LogP contribution >= 0.6 is 0 Å². The number of likely N-dealkylation sites (tertiary alicyclic amines) is 1. The van der Waals surface area contributed by atoms with E-state index in [0.29, 0.717) is 11.1 Å². The zero-order valence-corrected chi connectivity index (χ0v) is 41.2. The lowest BCUT2D eigenvalue weighted by atomic mass is 10.0. The van der Waals surface area contributed by atoms with E-state index in [1.807, 2.05) is 0 Å². The molecule has 19 N–H and O–H groups in total. The predicted molar refractivity (Wildman–Crippen MR) is 260 cm³/mol. The number of aliphatic carboxylic acids is 1. The van der Waals surface area contributed by atoms with Gasteiger partial charge in [0.1, 0.15) is 48.0 Å². The highest BCUT2D eigenvalue weighted by atomic mass is 16.4. The Kier molecular flexibility index (Phi) is 24.4. The Morgan fingerprint density at radius 2 is 1.03 bits per heavy atom. The van der Waals surface area contributed by atoms with Gasteiger partial charge in [-0.15, -0.1) is 0 Å². The van der Waals surface area contributed by atoms with E-state index in [0.717, 1.165) is 18.7 Å². The van der Waals surface area contributed by atoms with Crippen LogP contribution in [0.5, 0.6) is 5.75 Å². The number of hydrogen-bond donors (Lipinski definition) is 16. The number of amides is 10. The quantitative estimate of drug-likeness (QED) is 0.0346. The van der Waals surface area contributed by atoms with Gasteiger partial charge in [0.15, 0.2) is 6.04 Å². The molecule has 1 saturated heterocycles. The Morgan fingerprint density at radius 1 is 0.587 bits per heavy atom. The number of phenolic OH excluding ortho intramolecular Hbond substituents is 1. The van der Waals surface area contributed by atoms with Crippen molar-refractivity contribution in [3.8, 4) is 5.75 Å². The van der Waals surface area contributed by atoms with Gasteiger partial charge in [0, 0.05) is 32.2 Å². The second kappa shape index (κ2) is 29.8. The zero-order valence-electron chi connectivity index (χ0n) is 41.2. The first kappa shape index (κ1) is 61.5. The van der Waals surface area contributed by atoms with Gasteiger partial charge < -0.3 is 90.0 Å². The summed E-state index contributed by atoms with van der Waals surface area (Å²) in [6.07, 6.45) is -4.73. The molecule has 0 saturated carbocycles. The van der Waals surface area contributed by atoms with Crippen LogP contribution in [0.15, 0.2) is 54.6 Å². The molecule has 1 heterocycles. The molecular formula is C47H67N11O17. The van der Waals surface area contributed by atoms with Crippen LogP contribution < -0.4 is 54.4 Å². The van der Waals surface area contributed by atoms with E-state index >= 15 is 0 Å². The van der Waals surface area contributed by atoms with Crippen LogP contribution in [0.1, 0.15) is 63.5 Å². The molecule has 0 bridgehead atoms. The molecule has 1 aliphatic rings. The number of carbonyl (C=O) groups excluding carboxylic acids is 10. The summed E-state index contributed by atoms with van der Waals surface area (Å²) in [7, 11) is 0. The SMILES string of the molecule is C[C@@H](O)[C@H](NC(=O)[C@H](Cc1ccccc1)NC(=O)[C@@H]1CCCN1C(=O)[C@@H](NC(=O)[C@H](CO)NC(=O)[C@H](Cc1ccc(O)cc1)NC(=O)[C@H](CO)NC(=O)[C@H](CCC(N)=O)NC(=O)[C@@H](N)CCC(N)=O)[C@@H](C)O)C(=O)O. The monoisotopic (exact) mass is 1060 g/mol. The highest BCUT2D eigenvalue weighted by Crippen LogP contribution is 2.21. The summed E-state index contributed by atoms with van der Waals surface area (Å²) in [5.74, 6) is -11.8. The Balaban J connectivity index is 1.82. The van der Waals surface area contributed by atoms with Crippen LogP contribution in [-0.2, 0) is 65.6 Å². The van der Waals surface area contributed by atoms with E-state index in [1.165, 1.54) is 24.3 Å². The highest BCUT2D eigenvalue weighted by Gasteiger charge is 2.42. The number of nitrogens with one attached hydrogen (secondary N) is 7. The van der Waals surface area contributed by atoms with Crippen molar-refractivity contribution in [3.63, 3.8) is 0 Å². The summed E-state index contributed by atoms with van der Waals surface area (Å²) in [5, 5.41) is 76.9. The van der Waals surface area contributed by atoms with Crippen molar-refractivity contribution < 1.29 is 83.4 Å². The molecule has 75 heavy (non-hydrogen) atoms. The van der Waals surface area contributed by atoms with E-state index in [4.69, 9.17) is 17.2 Å². The Labute approximate surface area is 429 Å². The lowest BCUT2D eigenvalue weighted by Gasteiger charge is -2.32. The van der Waals surface area contributed by atoms with E-state index in [-0.39, 0.29) is 50.8 Å². The Morgan fingerprint density at radius 3 is 1.55 bits per heavy atom. The number of carboxylic acid groups (broad SMARTS) is 1. The van der Waals surface area contributed by atoms with Gasteiger partial charge in [0.25, 0.3) is 0 Å². The second-order valence-electron chi connectivity index (χ2n) is 17.8. The largest absolute Gasteiger partial charge is 0.508 e. The maximum Gasteiger partial charge on any atom is 0.328 e. The molecule has 412 valence electrons. The van der Waals surface area contributed by atoms with E-state index in [1.54, 1.807) is 30.3 Å². The fourth-order valence-corrected chi connectivity index (χ4v) is 7.64. The van der Waals surface area contributed by atoms with Crippen LogP contribution in [0.25, 0.3) is 0 Å². The highest BCUT2D eigenvalue weighted by molar-refractivity contribution is 5.98. The van der Waals surface area contributed by atoms with Crippen molar-refractivity contribution in [2.75, 3.05) is 19.8 Å². The third kappa shape index (κ3) is 19.5. The Bertz CT molecular complexity index is 2340. The molecule has 2 aromatic carbocycles. The number of nitrogens with zero attached hydrogens (tertiary/aromatic N) is 1. The van der Waals surface area contributed by atoms with Gasteiger partial charge in [0.05, 0.1) is 31.5 Å². The average molecular weight is 1060 g/mol. The average Bonchev–Trinajstić information content (AvgIpc) is 3.86. The normalized spacial score (nSPS) is 17.1. The maximum atomic E-state index is 14.1. The van der Waals surface area contributed by atoms with Crippen LogP contribution in [0, 0.1) is 0 Å². The lowest BCUT2D eigenvalue weighted by Crippen LogP contribution is -2.62. The molecule has 0 aliphatic carbocycles. The summed E-state index contributed by atoms with van der Waals surface area (Å²) in [5.41, 5.74) is 17.0. The number of phenols is 1. The number of rotatable bonds is 30. The van der Waals surface area contributed by atoms with Gasteiger partial charge in [-0.05, 0) is 62.8 Å². The minimum atomic E-state index is -1.89. The number of carbonyl (C=O) groups is 11. The molecule has 0 unspecified atom stereocenters. The summed E-state index contributed by atoms with van der Waals surface area (Å²) < 4.78 is 0. The molecular weight excluding hydrogens is 991 g/mol. The predicted octanol–water partition coefficient (Wildman–Crippen LogP) is -6.75. The fourth-order valence-electron chi connectivity index (χ4n) is 7.64. The van der Waals surface area contributed by atoms with Crippen molar-refractivity contribution in [1.82, 2.24) is 42.1 Å². The van der Waals surface area contributed by atoms with Crippen LogP contribution in [0.3, 0.4) is 0 Å². The molecule has 1 aliphatic heterocycles. The van der Waals surface area contributed by atoms with Gasteiger partial charge in [-0.1, -0.05) is 42.5 Å². The number of aromatic hydroxyl groups is 1. The summed E-state index contributed by atoms with van der Waals surface area (Å²) in [6.45, 7) is -0.0176. The number of primary amides is 2. The lowest BCUT2D eigenvalue weighted by molar-refractivity contribution is -0.146. The zero-order chi connectivity index (χ0) is 56.1. The van der Waals surface area contributed by atoms with Gasteiger partial charge in [-0.25, -0.2) is 4.79 Å². The molecule has 28 heteroatoms. The van der Waals surface area contributed by atoms with Gasteiger partial charge in [0.2, 0.25) is 59.1 Å². The van der Waals surface area contributed by atoms with Gasteiger partial charge >= 0.3 is 5.97 Å². The summed E-state index contributed by atoms with van der Waals surface area (Å²) >= 11 is 0. The third-order valence-electron chi connectivity index (χ3n) is 11.8. The van der Waals surface area contributed by atoms with E-state index < -0.39 is 158 Å². The minimum Gasteiger partial charge on any atom is -0.508 e. The molecule has 2 aromatic rings. The number of benzene rings is 2. The molecule has 0 spiro atoms. The number of nitrogens with two attached hydrogens (primary N) is 3. The topological polar surface area (TPSA) is 475 Å². The van der Waals surface area contributed by atoms with Crippen molar-refractivity contribution in [2.24, 2.45) is 17.2 Å². The van der Waals surface area contributed by atoms with Crippen molar-refractivity contribution in [2.45, 2.75) is 132 Å². The van der Waals surface area contributed by atoms with E-state index in [9.17, 15) is 83.4 Å². The minimum absolute atomic E-state index is 0.0499. The number of aliphatic hydroxyl groups excluding tert-OH is 4. The van der Waals surface area contributed by atoms with Crippen LogP contribution in [-0.4, -0.2) is 187 Å². The van der Waals surface area contributed by atoms with Gasteiger partial charge in [-0.2, -0.15) is 0 Å². The number of carboxylic acids is 1. The van der Waals surface area contributed by atoms with Crippen molar-refractivity contribution in [1.29, 1.82) is 0 Å².